The fourth-order valence-electron chi connectivity index (χ4n) is 6.55. The lowest BCUT2D eigenvalue weighted by atomic mass is 9.74. The Bertz CT molecular complexity index is 924. The van der Waals surface area contributed by atoms with E-state index in [0.717, 1.165) is 50.7 Å². The Kier molecular flexibility index (Phi) is 9.02. The monoisotopic (exact) mass is 516 g/mol. The lowest BCUT2D eigenvalue weighted by Gasteiger charge is -2.42. The van der Waals surface area contributed by atoms with E-state index in [1.807, 2.05) is 18.7 Å². The number of methoxy groups -OCH3 is 1. The summed E-state index contributed by atoms with van der Waals surface area (Å²) in [4.78, 5) is 29.4. The van der Waals surface area contributed by atoms with Crippen LogP contribution in [0.2, 0.25) is 0 Å². The van der Waals surface area contributed by atoms with E-state index < -0.39 is 0 Å². The van der Waals surface area contributed by atoms with Gasteiger partial charge in [-0.15, -0.1) is 11.8 Å². The highest BCUT2D eigenvalue weighted by Crippen LogP contribution is 2.52. The highest BCUT2D eigenvalue weighted by Gasteiger charge is 2.57. The number of nitrogens with one attached hydrogen (secondary N) is 3. The second-order valence-corrected chi connectivity index (χ2v) is 11.9. The zero-order valence-corrected chi connectivity index (χ0v) is 23.3. The molecule has 3 N–H and O–H groups in total. The molecule has 2 heterocycles. The molecule has 2 amide bonds. The Morgan fingerprint density at radius 3 is 2.64 bits per heavy atom. The molecule has 2 saturated heterocycles. The van der Waals surface area contributed by atoms with Crippen LogP contribution in [0.3, 0.4) is 0 Å². The van der Waals surface area contributed by atoms with Gasteiger partial charge in [-0.25, -0.2) is 0 Å². The van der Waals surface area contributed by atoms with Gasteiger partial charge < -0.3 is 20.7 Å². The topological polar surface area (TPSA) is 82.7 Å². The first-order valence-electron chi connectivity index (χ1n) is 13.7. The van der Waals surface area contributed by atoms with Crippen LogP contribution in [-0.4, -0.2) is 66.4 Å². The summed E-state index contributed by atoms with van der Waals surface area (Å²) in [6.07, 6.45) is 6.40. The first-order chi connectivity index (χ1) is 17.4. The highest BCUT2D eigenvalue weighted by molar-refractivity contribution is 7.99. The number of likely N-dealkylation sites (N-methyl/N-ethyl adjacent to an activating group) is 1. The molecule has 7 nitrogen and oxygen atoms in total. The van der Waals surface area contributed by atoms with E-state index in [1.165, 1.54) is 11.1 Å². The summed E-state index contributed by atoms with van der Waals surface area (Å²) < 4.78 is 6.12. The maximum atomic E-state index is 14.3. The quantitative estimate of drug-likeness (QED) is 0.490. The van der Waals surface area contributed by atoms with Crippen molar-refractivity contribution in [3.8, 4) is 0 Å². The van der Waals surface area contributed by atoms with Crippen LogP contribution < -0.4 is 16.0 Å². The number of carbonyl (C=O) groups excluding carboxylic acids is 2. The van der Waals surface area contributed by atoms with Gasteiger partial charge in [0.1, 0.15) is 6.23 Å². The van der Waals surface area contributed by atoms with E-state index in [9.17, 15) is 9.59 Å². The average Bonchev–Trinajstić information content (AvgIpc) is 3.13. The van der Waals surface area contributed by atoms with Gasteiger partial charge in [0.05, 0.1) is 29.5 Å². The second-order valence-electron chi connectivity index (χ2n) is 10.6. The molecule has 0 spiro atoms. The van der Waals surface area contributed by atoms with Crippen LogP contribution in [0.1, 0.15) is 76.5 Å². The van der Waals surface area contributed by atoms with Crippen LogP contribution in [0.15, 0.2) is 24.3 Å². The average molecular weight is 517 g/mol. The SMILES string of the molecule is CCC1(CC)C[C@@H]2SCC[C@H](NC(=O)[C@H](C)NC)C(OC)N2[C@@H]1C(=O)N[C@@H]1CCCc2ccccc21. The Morgan fingerprint density at radius 1 is 1.19 bits per heavy atom. The van der Waals surface area contributed by atoms with Gasteiger partial charge in [-0.3, -0.25) is 14.5 Å². The standard InChI is InChI=1S/C28H44N4O3S/c1-6-28(7-2)17-23-32(27(35-5)22(15-16-36-23)31-25(33)18(3)29-4)24(28)26(34)30-21-14-10-12-19-11-8-9-13-20(19)21/h8-9,11,13,18,21-24,27,29H,6-7,10,12,14-17H2,1-5H3,(H,30,34)(H,31,33)/t18-,21+,22-,23-,24+,27?/m0/s1. The fraction of sp³-hybridized carbons (Fsp3) is 0.714. The number of ether oxygens (including phenoxy) is 1. The fourth-order valence-corrected chi connectivity index (χ4v) is 8.07. The molecule has 0 radical (unpaired) electrons. The molecule has 8 heteroatoms. The van der Waals surface area contributed by atoms with Crippen molar-refractivity contribution in [1.82, 2.24) is 20.9 Å². The molecule has 0 aromatic heterocycles. The van der Waals surface area contributed by atoms with Crippen molar-refractivity contribution in [2.75, 3.05) is 19.9 Å². The molecule has 1 aliphatic carbocycles. The van der Waals surface area contributed by atoms with Gasteiger partial charge in [0, 0.05) is 7.11 Å². The number of hydrogen-bond donors (Lipinski definition) is 3. The van der Waals surface area contributed by atoms with E-state index in [4.69, 9.17) is 4.74 Å². The summed E-state index contributed by atoms with van der Waals surface area (Å²) in [5.74, 6) is 0.985. The van der Waals surface area contributed by atoms with Crippen molar-refractivity contribution < 1.29 is 14.3 Å². The lowest BCUT2D eigenvalue weighted by molar-refractivity contribution is -0.140. The second kappa shape index (κ2) is 11.8. The van der Waals surface area contributed by atoms with Crippen LogP contribution in [0.4, 0.5) is 0 Å². The molecule has 4 rings (SSSR count). The van der Waals surface area contributed by atoms with Crippen LogP contribution >= 0.6 is 11.8 Å². The van der Waals surface area contributed by atoms with Crippen molar-refractivity contribution in [3.05, 3.63) is 35.4 Å². The van der Waals surface area contributed by atoms with Crippen molar-refractivity contribution in [3.63, 3.8) is 0 Å². The van der Waals surface area contributed by atoms with Crippen LogP contribution in [0, 0.1) is 5.41 Å². The molecule has 6 atom stereocenters. The summed E-state index contributed by atoms with van der Waals surface area (Å²) in [5.41, 5.74) is 2.47. The minimum atomic E-state index is -0.354. The van der Waals surface area contributed by atoms with Gasteiger partial charge in [-0.1, -0.05) is 38.1 Å². The van der Waals surface area contributed by atoms with E-state index in [0.29, 0.717) is 0 Å². The first kappa shape index (κ1) is 27.4. The van der Waals surface area contributed by atoms with Crippen LogP contribution in [-0.2, 0) is 20.7 Å². The van der Waals surface area contributed by atoms with Crippen LogP contribution in [0.25, 0.3) is 0 Å². The molecule has 2 fully saturated rings. The zero-order valence-electron chi connectivity index (χ0n) is 22.5. The predicted octanol–water partition coefficient (Wildman–Crippen LogP) is 3.59. The van der Waals surface area contributed by atoms with Gasteiger partial charge in [-0.05, 0) is 81.2 Å². The molecular formula is C28H44N4O3S. The number of benzene rings is 1. The number of nitrogens with zero attached hydrogens (tertiary/aromatic N) is 1. The molecule has 200 valence electrons. The van der Waals surface area contributed by atoms with E-state index >= 15 is 0 Å². The normalized spacial score (nSPS) is 30.5. The summed E-state index contributed by atoms with van der Waals surface area (Å²) in [5, 5.41) is 9.92. The molecule has 1 aromatic carbocycles. The molecule has 3 aliphatic rings. The Labute approximate surface area is 220 Å². The number of amides is 2. The largest absolute Gasteiger partial charge is 0.364 e. The number of rotatable bonds is 8. The molecule has 1 unspecified atom stereocenters. The van der Waals surface area contributed by atoms with Gasteiger partial charge in [0.2, 0.25) is 11.8 Å². The Balaban J connectivity index is 1.64. The molecule has 2 aliphatic heterocycles. The summed E-state index contributed by atoms with van der Waals surface area (Å²) >= 11 is 1.91. The van der Waals surface area contributed by atoms with Crippen molar-refractivity contribution in [2.45, 2.75) is 101 Å². The van der Waals surface area contributed by atoms with Gasteiger partial charge in [0.25, 0.3) is 0 Å². The van der Waals surface area contributed by atoms with Gasteiger partial charge >= 0.3 is 0 Å². The molecule has 0 saturated carbocycles. The number of carbonyl (C=O) groups is 2. The molecular weight excluding hydrogens is 472 g/mol. The van der Waals surface area contributed by atoms with E-state index in [-0.39, 0.29) is 53.0 Å². The number of aryl methyl sites for hydroxylation is 1. The molecule has 1 aromatic rings. The van der Waals surface area contributed by atoms with E-state index in [2.05, 4.69) is 59.0 Å². The van der Waals surface area contributed by atoms with Crippen molar-refractivity contribution in [2.24, 2.45) is 5.41 Å². The van der Waals surface area contributed by atoms with Gasteiger partial charge in [-0.2, -0.15) is 0 Å². The summed E-state index contributed by atoms with van der Waals surface area (Å²) in [7, 11) is 3.50. The van der Waals surface area contributed by atoms with Crippen molar-refractivity contribution in [1.29, 1.82) is 0 Å². The minimum absolute atomic E-state index is 0.0377. The third-order valence-electron chi connectivity index (χ3n) is 8.91. The Hall–Kier alpha value is -1.61. The zero-order chi connectivity index (χ0) is 25.9. The van der Waals surface area contributed by atoms with Crippen LogP contribution in [0.5, 0.6) is 0 Å². The minimum Gasteiger partial charge on any atom is -0.364 e. The third kappa shape index (κ3) is 5.19. The number of fused-ring (bicyclic) bond motifs is 2. The smallest absolute Gasteiger partial charge is 0.238 e. The number of thioether (sulfide) groups is 1. The number of hydrogen-bond acceptors (Lipinski definition) is 6. The maximum Gasteiger partial charge on any atom is 0.238 e. The highest BCUT2D eigenvalue weighted by atomic mass is 32.2. The molecule has 0 bridgehead atoms. The third-order valence-corrected chi connectivity index (χ3v) is 10.2. The predicted molar refractivity (Wildman–Crippen MR) is 146 cm³/mol. The lowest BCUT2D eigenvalue weighted by Crippen LogP contribution is -2.61. The Morgan fingerprint density at radius 2 is 1.94 bits per heavy atom. The molecule has 36 heavy (non-hydrogen) atoms. The van der Waals surface area contributed by atoms with E-state index in [1.54, 1.807) is 14.2 Å². The first-order valence-corrected chi connectivity index (χ1v) is 14.7. The maximum absolute atomic E-state index is 14.3. The summed E-state index contributed by atoms with van der Waals surface area (Å²) in [6.45, 7) is 6.29. The van der Waals surface area contributed by atoms with Gasteiger partial charge in [0.15, 0.2) is 0 Å². The summed E-state index contributed by atoms with van der Waals surface area (Å²) in [6, 6.07) is 7.79. The van der Waals surface area contributed by atoms with Crippen molar-refractivity contribution >= 4 is 23.6 Å².